The Bertz CT molecular complexity index is 3740. The molecule has 6 heteroatoms. The van der Waals surface area contributed by atoms with Crippen LogP contribution in [0.4, 0.5) is 0 Å². The molecule has 0 atom stereocenters. The highest BCUT2D eigenvalue weighted by atomic mass is 15.3. The van der Waals surface area contributed by atoms with Gasteiger partial charge < -0.3 is 4.57 Å². The first-order chi connectivity index (χ1) is 31.8. The van der Waals surface area contributed by atoms with Crippen molar-refractivity contribution in [3.05, 3.63) is 169 Å². The van der Waals surface area contributed by atoms with Crippen LogP contribution < -0.4 is 0 Å². The van der Waals surface area contributed by atoms with E-state index in [0.29, 0.717) is 5.56 Å². The molecule has 0 aliphatic heterocycles. The maximum Gasteiger partial charge on any atom is 0.240 e. The van der Waals surface area contributed by atoms with Crippen molar-refractivity contribution in [1.82, 2.24) is 28.7 Å². The van der Waals surface area contributed by atoms with E-state index in [-0.39, 0.29) is 50.4 Å². The molecule has 0 saturated carbocycles. The minimum absolute atomic E-state index is 0.0639. The molecule has 0 unspecified atom stereocenters. The molecule has 6 nitrogen and oxygen atoms in total. The van der Waals surface area contributed by atoms with Crippen LogP contribution in [-0.4, -0.2) is 28.7 Å². The summed E-state index contributed by atoms with van der Waals surface area (Å²) in [6.07, 6.45) is 0. The molecule has 7 aromatic carbocycles. The van der Waals surface area contributed by atoms with Crippen LogP contribution in [0.25, 0.3) is 94.4 Å². The summed E-state index contributed by atoms with van der Waals surface area (Å²) in [5.41, 5.74) is 7.27. The second-order valence-electron chi connectivity index (χ2n) is 17.3. The summed E-state index contributed by atoms with van der Waals surface area (Å²) in [5, 5.41) is 4.06. The summed E-state index contributed by atoms with van der Waals surface area (Å²) >= 11 is 0. The predicted molar refractivity (Wildman–Crippen MR) is 246 cm³/mol. The first-order valence-corrected chi connectivity index (χ1v) is 19.8. The van der Waals surface area contributed by atoms with E-state index >= 15 is 0 Å². The first kappa shape index (κ1) is 27.6. The van der Waals surface area contributed by atoms with Gasteiger partial charge in [-0.1, -0.05) is 138 Å². The average molecular weight is 773 g/mol. The van der Waals surface area contributed by atoms with Crippen LogP contribution in [0, 0.1) is 0 Å². The van der Waals surface area contributed by atoms with Crippen LogP contribution >= 0.6 is 0 Å². The van der Waals surface area contributed by atoms with Crippen molar-refractivity contribution in [2.24, 2.45) is 0 Å². The minimum atomic E-state index is -0.531. The Kier molecular flexibility index (Phi) is 5.94. The van der Waals surface area contributed by atoms with Crippen LogP contribution in [0.3, 0.4) is 0 Å². The molecule has 0 spiro atoms. The van der Waals surface area contributed by atoms with Crippen molar-refractivity contribution in [2.75, 3.05) is 0 Å². The van der Waals surface area contributed by atoms with Crippen LogP contribution in [0.1, 0.15) is 63.6 Å². The average Bonchev–Trinajstić information content (AvgIpc) is 3.97. The van der Waals surface area contributed by atoms with Gasteiger partial charge in [0.05, 0.1) is 44.1 Å². The van der Waals surface area contributed by atoms with Crippen LogP contribution in [-0.2, 0) is 10.8 Å². The summed E-state index contributed by atoms with van der Waals surface area (Å²) < 4.78 is 76.9. The predicted octanol–water partition coefficient (Wildman–Crippen LogP) is 13.4. The zero-order valence-corrected chi connectivity index (χ0v) is 33.6. The van der Waals surface area contributed by atoms with Crippen molar-refractivity contribution in [1.29, 1.82) is 0 Å². The summed E-state index contributed by atoms with van der Waals surface area (Å²) in [6.45, 7) is 13.3. The zero-order valence-electron chi connectivity index (χ0n) is 41.6. The Hall–Kier alpha value is -7.05. The second kappa shape index (κ2) is 12.7. The van der Waals surface area contributed by atoms with Crippen molar-refractivity contribution in [3.63, 3.8) is 0 Å². The number of para-hydroxylation sites is 4. The lowest BCUT2D eigenvalue weighted by Crippen LogP contribution is -2.10. The van der Waals surface area contributed by atoms with Crippen LogP contribution in [0.15, 0.2) is 158 Å². The van der Waals surface area contributed by atoms with E-state index in [1.165, 1.54) is 15.7 Å². The fraction of sp³-hybridized carbons (Fsp3) is 0.151. The number of nitrogens with zero attached hydrogens (tertiary/aromatic N) is 6. The third kappa shape index (κ3) is 5.50. The Labute approximate surface area is 354 Å². The molecule has 0 fully saturated rings. The summed E-state index contributed by atoms with van der Waals surface area (Å²) in [6, 6.07) is 33.2. The van der Waals surface area contributed by atoms with Gasteiger partial charge in [0.15, 0.2) is 5.82 Å². The number of fused-ring (bicyclic) bond motifs is 9. The quantitative estimate of drug-likeness (QED) is 0.179. The second-order valence-corrected chi connectivity index (χ2v) is 17.3. The number of aromatic nitrogens is 6. The molecule has 4 aromatic heterocycles. The molecule has 0 saturated heterocycles. The molecule has 0 amide bonds. The van der Waals surface area contributed by atoms with E-state index in [4.69, 9.17) is 23.2 Å². The number of hydrogen-bond donors (Lipinski definition) is 0. The van der Waals surface area contributed by atoms with Gasteiger partial charge in [-0.15, -0.1) is 0 Å². The van der Waals surface area contributed by atoms with E-state index in [1.807, 2.05) is 77.4 Å². The summed E-state index contributed by atoms with van der Waals surface area (Å²) in [7, 11) is 0. The monoisotopic (exact) mass is 772 g/mol. The fourth-order valence-corrected chi connectivity index (χ4v) is 8.46. The van der Waals surface area contributed by atoms with E-state index in [9.17, 15) is 2.74 Å². The maximum atomic E-state index is 9.25. The third-order valence-corrected chi connectivity index (χ3v) is 11.5. The van der Waals surface area contributed by atoms with Gasteiger partial charge in [-0.05, 0) is 82.6 Å². The van der Waals surface area contributed by atoms with Gasteiger partial charge in [0.2, 0.25) is 11.9 Å². The zero-order chi connectivity index (χ0) is 47.2. The van der Waals surface area contributed by atoms with Crippen molar-refractivity contribution < 1.29 is 11.0 Å². The smallest absolute Gasteiger partial charge is 0.240 e. The Morgan fingerprint density at radius 2 is 0.881 bits per heavy atom. The molecule has 0 bridgehead atoms. The van der Waals surface area contributed by atoms with Gasteiger partial charge in [-0.3, -0.25) is 9.13 Å². The van der Waals surface area contributed by atoms with Crippen LogP contribution in [0.5, 0.6) is 0 Å². The molecule has 11 rings (SSSR count). The topological polar surface area (TPSA) is 53.5 Å². The molecular formula is C53H44N6. The minimum Gasteiger partial charge on any atom is -0.309 e. The lowest BCUT2D eigenvalue weighted by molar-refractivity contribution is 0.590. The van der Waals surface area contributed by atoms with E-state index in [2.05, 4.69) is 82.5 Å². The Balaban J connectivity index is 1.25. The van der Waals surface area contributed by atoms with Crippen molar-refractivity contribution in [3.8, 4) is 29.0 Å². The Morgan fingerprint density at radius 3 is 1.41 bits per heavy atom. The highest BCUT2D eigenvalue weighted by Gasteiger charge is 2.23. The van der Waals surface area contributed by atoms with Crippen molar-refractivity contribution in [2.45, 2.75) is 52.4 Å². The van der Waals surface area contributed by atoms with Gasteiger partial charge in [0, 0.05) is 43.6 Å². The Morgan fingerprint density at radius 1 is 0.407 bits per heavy atom. The summed E-state index contributed by atoms with van der Waals surface area (Å²) in [4.78, 5) is 15.4. The van der Waals surface area contributed by atoms with Gasteiger partial charge in [0.25, 0.3) is 0 Å². The number of hydrogen-bond acceptors (Lipinski definition) is 3. The molecule has 0 N–H and O–H groups in total. The van der Waals surface area contributed by atoms with E-state index in [1.54, 1.807) is 0 Å². The molecule has 0 aliphatic carbocycles. The van der Waals surface area contributed by atoms with Crippen molar-refractivity contribution >= 4 is 65.4 Å². The van der Waals surface area contributed by atoms with E-state index in [0.717, 1.165) is 49.3 Å². The molecule has 0 radical (unpaired) electrons. The first-order valence-electron chi connectivity index (χ1n) is 23.8. The van der Waals surface area contributed by atoms with Gasteiger partial charge in [-0.2, -0.15) is 15.0 Å². The van der Waals surface area contributed by atoms with Gasteiger partial charge in [-0.25, -0.2) is 0 Å². The van der Waals surface area contributed by atoms with E-state index < -0.39 is 48.3 Å². The number of benzene rings is 7. The standard InChI is InChI=1S/C53H44N6/c1-52(2,3)34-26-28-47-41(31-34)42-32-35(53(4,5)6)27-29-48(42)57(47)36-17-15-16-33(30-36)49-54-50(58-43-22-11-7-18-37(43)38-19-8-12-23-44(38)58)56-51(55-49)59-45-24-13-9-20-39(45)40-21-10-14-25-46(40)59/h7-32H,1-6H3/i7D,8D,11D,12D,18D,19D,22D,23D. The molecule has 4 heterocycles. The normalized spacial score (nSPS) is 14.5. The van der Waals surface area contributed by atoms with Gasteiger partial charge >= 0.3 is 0 Å². The fourth-order valence-electron chi connectivity index (χ4n) is 8.46. The molecule has 11 aromatic rings. The highest BCUT2D eigenvalue weighted by molar-refractivity contribution is 6.11. The largest absolute Gasteiger partial charge is 0.309 e. The molecule has 0 aliphatic rings. The van der Waals surface area contributed by atoms with Crippen LogP contribution in [0.2, 0.25) is 0 Å². The maximum absolute atomic E-state index is 9.25. The third-order valence-electron chi connectivity index (χ3n) is 11.5. The lowest BCUT2D eigenvalue weighted by Gasteiger charge is -2.19. The SMILES string of the molecule is [2H]c1c([2H])c([2H])c2c(c1[2H])c1c([2H])c([2H])c([2H])c([2H])c1n2-c1nc(-c2cccc(-n3c4ccc(C(C)(C)C)cc4c4cc(C(C)(C)C)ccc43)c2)nc(-n2c3ccccc3c3ccccc32)n1. The molecule has 59 heavy (non-hydrogen) atoms. The highest BCUT2D eigenvalue weighted by Crippen LogP contribution is 2.39. The molecular weight excluding hydrogens is 721 g/mol. The summed E-state index contributed by atoms with van der Waals surface area (Å²) in [5.74, 6) is 0.329. The molecule has 286 valence electrons. The lowest BCUT2D eigenvalue weighted by atomic mass is 9.85. The van der Waals surface area contributed by atoms with Gasteiger partial charge in [0.1, 0.15) is 0 Å². The number of rotatable bonds is 4.